The standard InChI is InChI=1S/C49H66N2O6/c1-3-5-7-35-9-13-39(14-10-35)33-56-43-25-18-37(19-26-43)17-24-42(52)32-46(45-29-23-41(50)31-47(45)51)49(54,55)48(53)30-22-38-20-27-44(28-21-38)57-34-40-15-11-36(12-16-40)8-6-4-2/h17-31,35-36,39-40,46,54-55H,3-16,32-34,50-51H2,1-2H3/b24-17+,30-22+. The maximum Gasteiger partial charge on any atom is 0.235 e. The highest BCUT2D eigenvalue weighted by molar-refractivity contribution is 6.01. The van der Waals surface area contributed by atoms with E-state index in [-0.39, 0.29) is 17.7 Å². The second-order valence-electron chi connectivity index (χ2n) is 16.7. The molecule has 57 heavy (non-hydrogen) atoms. The number of nitrogens with two attached hydrogens (primary N) is 2. The summed E-state index contributed by atoms with van der Waals surface area (Å²) in [5.74, 6) is -1.25. The zero-order valence-electron chi connectivity index (χ0n) is 34.2. The number of ether oxygens (including phenoxy) is 2. The quantitative estimate of drug-likeness (QED) is 0.0475. The Bertz CT molecular complexity index is 1750. The lowest BCUT2D eigenvalue weighted by Gasteiger charge is -2.30. The van der Waals surface area contributed by atoms with Crippen LogP contribution in [0.1, 0.15) is 133 Å². The Morgan fingerprint density at radius 2 is 1.14 bits per heavy atom. The second-order valence-corrected chi connectivity index (χ2v) is 16.7. The summed E-state index contributed by atoms with van der Waals surface area (Å²) in [5, 5.41) is 22.8. The first-order valence-corrected chi connectivity index (χ1v) is 21.5. The van der Waals surface area contributed by atoms with Crippen LogP contribution in [-0.4, -0.2) is 40.8 Å². The van der Waals surface area contributed by atoms with Crippen molar-refractivity contribution in [1.29, 1.82) is 0 Å². The lowest BCUT2D eigenvalue weighted by Crippen LogP contribution is -2.44. The van der Waals surface area contributed by atoms with Crippen molar-refractivity contribution in [3.63, 3.8) is 0 Å². The Hall–Kier alpha value is -4.40. The highest BCUT2D eigenvalue weighted by Crippen LogP contribution is 2.37. The number of ketones is 2. The van der Waals surface area contributed by atoms with Gasteiger partial charge < -0.3 is 31.2 Å². The molecule has 2 fully saturated rings. The summed E-state index contributed by atoms with van der Waals surface area (Å²) in [5.41, 5.74) is 14.4. The molecule has 1 unspecified atom stereocenters. The van der Waals surface area contributed by atoms with Crippen LogP contribution in [0.25, 0.3) is 12.2 Å². The van der Waals surface area contributed by atoms with Gasteiger partial charge in [-0.15, -0.1) is 0 Å². The Kier molecular flexibility index (Phi) is 16.8. The van der Waals surface area contributed by atoms with Crippen LogP contribution in [0.15, 0.2) is 78.9 Å². The summed E-state index contributed by atoms with van der Waals surface area (Å²) in [4.78, 5) is 26.8. The van der Waals surface area contributed by atoms with E-state index in [2.05, 4.69) is 13.8 Å². The van der Waals surface area contributed by atoms with Crippen LogP contribution in [0, 0.1) is 23.7 Å². The number of hydrogen-bond donors (Lipinski definition) is 4. The van der Waals surface area contributed by atoms with Gasteiger partial charge in [-0.2, -0.15) is 0 Å². The summed E-state index contributed by atoms with van der Waals surface area (Å²) in [7, 11) is 0. The van der Waals surface area contributed by atoms with Crippen LogP contribution in [-0.2, 0) is 9.59 Å². The minimum absolute atomic E-state index is 0.154. The van der Waals surface area contributed by atoms with Crippen LogP contribution < -0.4 is 20.9 Å². The highest BCUT2D eigenvalue weighted by Gasteiger charge is 2.43. The van der Waals surface area contributed by atoms with E-state index in [0.717, 1.165) is 35.0 Å². The molecular weight excluding hydrogens is 713 g/mol. The van der Waals surface area contributed by atoms with Crippen molar-refractivity contribution in [2.75, 3.05) is 24.7 Å². The van der Waals surface area contributed by atoms with Gasteiger partial charge in [0, 0.05) is 17.8 Å². The normalized spacial score (nSPS) is 20.8. The van der Waals surface area contributed by atoms with Gasteiger partial charge in [-0.25, -0.2) is 0 Å². The molecule has 0 amide bonds. The van der Waals surface area contributed by atoms with Crippen LogP contribution in [0.3, 0.4) is 0 Å². The number of aliphatic hydroxyl groups is 2. The number of hydrogen-bond acceptors (Lipinski definition) is 8. The fourth-order valence-corrected chi connectivity index (χ4v) is 8.44. The van der Waals surface area contributed by atoms with Gasteiger partial charge in [0.1, 0.15) is 11.5 Å². The van der Waals surface area contributed by atoms with Crippen LogP contribution >= 0.6 is 0 Å². The molecule has 8 heteroatoms. The molecule has 6 N–H and O–H groups in total. The summed E-state index contributed by atoms with van der Waals surface area (Å²) in [6.45, 7) is 5.91. The molecule has 8 nitrogen and oxygen atoms in total. The third-order valence-electron chi connectivity index (χ3n) is 12.2. The summed E-state index contributed by atoms with van der Waals surface area (Å²) in [6.07, 6.45) is 23.1. The lowest BCUT2D eigenvalue weighted by atomic mass is 9.80. The SMILES string of the molecule is CCCCC1CCC(COc2ccc(/C=C/C(=O)CC(c3ccc(N)cc3N)C(O)(O)C(=O)/C=C/c3ccc(OCC4CCC(CCCC)CC4)cc3)cc2)CC1. The van der Waals surface area contributed by atoms with Crippen molar-refractivity contribution < 1.29 is 29.3 Å². The number of nitrogen functional groups attached to an aromatic ring is 2. The van der Waals surface area contributed by atoms with E-state index in [1.807, 2.05) is 48.5 Å². The number of unbranched alkanes of at least 4 members (excludes halogenated alkanes) is 2. The molecule has 0 aromatic heterocycles. The number of benzene rings is 3. The maximum absolute atomic E-state index is 13.4. The van der Waals surface area contributed by atoms with Gasteiger partial charge >= 0.3 is 0 Å². The first-order chi connectivity index (χ1) is 27.5. The zero-order valence-corrected chi connectivity index (χ0v) is 34.2. The van der Waals surface area contributed by atoms with E-state index < -0.39 is 23.3 Å². The zero-order chi connectivity index (χ0) is 40.6. The van der Waals surface area contributed by atoms with Gasteiger partial charge in [-0.05, 0) is 115 Å². The predicted molar refractivity (Wildman–Crippen MR) is 232 cm³/mol. The van der Waals surface area contributed by atoms with Gasteiger partial charge in [0.05, 0.1) is 19.1 Å². The Balaban J connectivity index is 1.15. The smallest absolute Gasteiger partial charge is 0.235 e. The molecule has 0 bridgehead atoms. The van der Waals surface area contributed by atoms with Crippen LogP contribution in [0.5, 0.6) is 11.5 Å². The van der Waals surface area contributed by atoms with Gasteiger partial charge in [-0.3, -0.25) is 9.59 Å². The van der Waals surface area contributed by atoms with Crippen molar-refractivity contribution in [2.24, 2.45) is 23.7 Å². The van der Waals surface area contributed by atoms with E-state index in [1.165, 1.54) is 114 Å². The molecule has 0 radical (unpaired) electrons. The fourth-order valence-electron chi connectivity index (χ4n) is 8.44. The Morgan fingerprint density at radius 3 is 1.60 bits per heavy atom. The van der Waals surface area contributed by atoms with Crippen molar-refractivity contribution >= 4 is 35.1 Å². The molecule has 2 aliphatic carbocycles. The third-order valence-corrected chi connectivity index (χ3v) is 12.2. The predicted octanol–water partition coefficient (Wildman–Crippen LogP) is 10.3. The van der Waals surface area contributed by atoms with E-state index in [1.54, 1.807) is 12.1 Å². The topological polar surface area (TPSA) is 145 Å². The number of allylic oxidation sites excluding steroid dienone is 1. The van der Waals surface area contributed by atoms with Gasteiger partial charge in [-0.1, -0.05) is 121 Å². The highest BCUT2D eigenvalue weighted by atomic mass is 16.5. The average Bonchev–Trinajstić information content (AvgIpc) is 3.22. The summed E-state index contributed by atoms with van der Waals surface area (Å²) < 4.78 is 12.2. The summed E-state index contributed by atoms with van der Waals surface area (Å²) >= 11 is 0. The van der Waals surface area contributed by atoms with Crippen LogP contribution in [0.2, 0.25) is 0 Å². The van der Waals surface area contributed by atoms with Crippen molar-refractivity contribution in [3.05, 3.63) is 95.6 Å². The summed E-state index contributed by atoms with van der Waals surface area (Å²) in [6, 6.07) is 19.5. The molecule has 0 aliphatic heterocycles. The third kappa shape index (κ3) is 13.6. The first kappa shape index (κ1) is 43.7. The molecule has 0 spiro atoms. The van der Waals surface area contributed by atoms with E-state index >= 15 is 0 Å². The molecule has 0 saturated heterocycles. The number of carbonyl (C=O) groups excluding carboxylic acids is 2. The lowest BCUT2D eigenvalue weighted by molar-refractivity contribution is -0.187. The minimum Gasteiger partial charge on any atom is -0.493 e. The minimum atomic E-state index is -2.93. The number of carbonyl (C=O) groups is 2. The fraction of sp³-hybridized carbons (Fsp3) is 0.510. The molecule has 2 saturated carbocycles. The molecule has 308 valence electrons. The van der Waals surface area contributed by atoms with E-state index in [4.69, 9.17) is 20.9 Å². The molecule has 3 aromatic rings. The van der Waals surface area contributed by atoms with E-state index in [9.17, 15) is 19.8 Å². The van der Waals surface area contributed by atoms with E-state index in [0.29, 0.717) is 36.3 Å². The average molecular weight is 779 g/mol. The van der Waals surface area contributed by atoms with Gasteiger partial charge in [0.25, 0.3) is 0 Å². The number of rotatable bonds is 21. The molecule has 5 rings (SSSR count). The second kappa shape index (κ2) is 21.9. The monoisotopic (exact) mass is 778 g/mol. The molecule has 2 aliphatic rings. The van der Waals surface area contributed by atoms with Crippen LogP contribution in [0.4, 0.5) is 11.4 Å². The van der Waals surface area contributed by atoms with Crippen molar-refractivity contribution in [3.8, 4) is 11.5 Å². The van der Waals surface area contributed by atoms with Crippen molar-refractivity contribution in [2.45, 2.75) is 122 Å². The van der Waals surface area contributed by atoms with Gasteiger partial charge in [0.2, 0.25) is 11.6 Å². The Morgan fingerprint density at radius 1 is 0.684 bits per heavy atom. The van der Waals surface area contributed by atoms with Crippen molar-refractivity contribution in [1.82, 2.24) is 0 Å². The largest absolute Gasteiger partial charge is 0.493 e. The Labute approximate surface area is 340 Å². The molecular formula is C49H66N2O6. The maximum atomic E-state index is 13.4. The molecule has 3 aromatic carbocycles. The number of anilines is 2. The first-order valence-electron chi connectivity index (χ1n) is 21.5. The molecule has 0 heterocycles. The van der Waals surface area contributed by atoms with Gasteiger partial charge in [0.15, 0.2) is 5.78 Å². The molecule has 1 atom stereocenters.